The number of fused-ring (bicyclic) bond motifs is 2. The Balaban J connectivity index is 1.77. The number of amides is 4. The zero-order chi connectivity index (χ0) is 34.2. The van der Waals surface area contributed by atoms with Gasteiger partial charge in [0.1, 0.15) is 36.0 Å². The molecule has 12 nitrogen and oxygen atoms in total. The monoisotopic (exact) mass is 651 g/mol. The number of carbonyl (C=O) groups is 6. The number of Topliss-reactive ketones (excluding diaryl/α,β-unsaturated/α-hetero) is 1. The molecule has 3 heterocycles. The van der Waals surface area contributed by atoms with Gasteiger partial charge in [0.2, 0.25) is 23.6 Å². The molecule has 4 amide bonds. The van der Waals surface area contributed by atoms with Crippen molar-refractivity contribution in [2.75, 3.05) is 6.54 Å². The van der Waals surface area contributed by atoms with Gasteiger partial charge in [-0.25, -0.2) is 4.79 Å². The number of hydrogen-bond donors (Lipinski definition) is 4. The zero-order valence-corrected chi connectivity index (χ0v) is 27.9. The van der Waals surface area contributed by atoms with Crippen LogP contribution in [0, 0.1) is 5.92 Å². The van der Waals surface area contributed by atoms with E-state index in [0.717, 1.165) is 12.8 Å². The molecule has 6 atom stereocenters. The maximum absolute atomic E-state index is 14.3. The van der Waals surface area contributed by atoms with Gasteiger partial charge in [-0.15, -0.1) is 0 Å². The summed E-state index contributed by atoms with van der Waals surface area (Å²) in [6.07, 6.45) is 7.20. The molecule has 4 N–H and O–H groups in total. The predicted molar refractivity (Wildman–Crippen MR) is 176 cm³/mol. The molecule has 47 heavy (non-hydrogen) atoms. The van der Waals surface area contributed by atoms with Crippen molar-refractivity contribution in [3.63, 3.8) is 0 Å². The number of ketones is 1. The third kappa shape index (κ3) is 8.20. The van der Waals surface area contributed by atoms with Crippen LogP contribution < -0.4 is 16.0 Å². The van der Waals surface area contributed by atoms with Crippen LogP contribution in [-0.4, -0.2) is 74.6 Å². The lowest BCUT2D eigenvalue weighted by molar-refractivity contribution is -0.147. The molecule has 2 aromatic rings. The van der Waals surface area contributed by atoms with Crippen molar-refractivity contribution < 1.29 is 33.9 Å². The minimum atomic E-state index is -1.29. The van der Waals surface area contributed by atoms with E-state index >= 15 is 0 Å². The van der Waals surface area contributed by atoms with Gasteiger partial charge in [-0.05, 0) is 51.0 Å². The second-order valence-corrected chi connectivity index (χ2v) is 12.9. The fourth-order valence-electron chi connectivity index (χ4n) is 6.56. The third-order valence-electron chi connectivity index (χ3n) is 9.75. The highest BCUT2D eigenvalue weighted by Gasteiger charge is 2.41. The highest BCUT2D eigenvalue weighted by atomic mass is 16.4. The minimum absolute atomic E-state index is 0.171. The number of nitrogens with zero attached hydrogens (tertiary/aromatic N) is 2. The van der Waals surface area contributed by atoms with Crippen molar-refractivity contribution in [2.24, 2.45) is 5.92 Å². The van der Waals surface area contributed by atoms with E-state index in [1.807, 2.05) is 20.8 Å². The molecular weight excluding hydrogens is 602 g/mol. The molecule has 4 rings (SSSR count). The summed E-state index contributed by atoms with van der Waals surface area (Å²) in [5.41, 5.74) is 0.953. The summed E-state index contributed by atoms with van der Waals surface area (Å²) in [5.74, 6) is -3.05. The van der Waals surface area contributed by atoms with Crippen LogP contribution in [0.15, 0.2) is 30.5 Å². The first kappa shape index (κ1) is 35.6. The van der Waals surface area contributed by atoms with Crippen molar-refractivity contribution in [3.8, 4) is 0 Å². The van der Waals surface area contributed by atoms with Crippen LogP contribution in [0.5, 0.6) is 0 Å². The quantitative estimate of drug-likeness (QED) is 0.253. The molecular formula is C35H49N5O7. The summed E-state index contributed by atoms with van der Waals surface area (Å²) in [4.78, 5) is 81.6. The molecule has 6 unspecified atom stereocenters. The first-order valence-corrected chi connectivity index (χ1v) is 17.0. The van der Waals surface area contributed by atoms with Gasteiger partial charge in [0.05, 0.1) is 0 Å². The first-order chi connectivity index (χ1) is 22.5. The van der Waals surface area contributed by atoms with Gasteiger partial charge in [0.15, 0.2) is 0 Å². The molecule has 2 fully saturated rings. The summed E-state index contributed by atoms with van der Waals surface area (Å²) in [6, 6.07) is 2.11. The standard InChI is InChI=1S/C35H49N5O7/c1-5-21(3)29-34(45)39-19-13-12-18-28(39)32(43)36-26(16-9-7-8-14-23(41)6-2)31(42)38-30(33(44)37-29)25-20-40(22(4)35(46)47)27-17-11-10-15-24(25)27/h10-11,15,17,20-22,26,28-30H,5-9,12-14,16,18-19H2,1-4H3,(H,36,43)(H,37,44)(H,38,42)(H,46,47). The first-order valence-electron chi connectivity index (χ1n) is 17.0. The molecule has 1 aromatic heterocycles. The van der Waals surface area contributed by atoms with Crippen molar-refractivity contribution >= 4 is 46.3 Å². The number of para-hydroxylation sites is 1. The van der Waals surface area contributed by atoms with Crippen LogP contribution in [-0.2, 0) is 28.8 Å². The van der Waals surface area contributed by atoms with E-state index in [0.29, 0.717) is 68.0 Å². The van der Waals surface area contributed by atoms with Gasteiger partial charge < -0.3 is 30.5 Å². The minimum Gasteiger partial charge on any atom is -0.480 e. The van der Waals surface area contributed by atoms with Gasteiger partial charge in [-0.1, -0.05) is 58.2 Å². The second kappa shape index (κ2) is 16.1. The Morgan fingerprint density at radius 3 is 2.38 bits per heavy atom. The SMILES string of the molecule is CCC(=O)CCCCCC1NC(=O)C2CCCCN2C(=O)C(C(C)CC)NC(=O)C(c2cn(C(C)C(=O)O)c3ccccc23)NC1=O. The van der Waals surface area contributed by atoms with E-state index in [9.17, 15) is 33.9 Å². The molecule has 2 aliphatic rings. The van der Waals surface area contributed by atoms with Gasteiger partial charge in [-0.3, -0.25) is 24.0 Å². The topological polar surface area (TPSA) is 167 Å². The number of carbonyl (C=O) groups excluding carboxylic acids is 5. The van der Waals surface area contributed by atoms with Crippen LogP contribution in [0.1, 0.15) is 110 Å². The Labute approximate surface area is 276 Å². The maximum Gasteiger partial charge on any atom is 0.326 e. The fourth-order valence-corrected chi connectivity index (χ4v) is 6.56. The Bertz CT molecular complexity index is 1490. The number of piperidine rings is 1. The number of nitrogens with one attached hydrogen (secondary N) is 3. The molecule has 0 aliphatic carbocycles. The number of carboxylic acid groups (broad SMARTS) is 1. The summed E-state index contributed by atoms with van der Waals surface area (Å²) >= 11 is 0. The second-order valence-electron chi connectivity index (χ2n) is 12.9. The summed E-state index contributed by atoms with van der Waals surface area (Å²) in [6.45, 7) is 7.51. The van der Waals surface area contributed by atoms with E-state index < -0.39 is 53.9 Å². The van der Waals surface area contributed by atoms with E-state index in [1.165, 1.54) is 6.92 Å². The van der Waals surface area contributed by atoms with E-state index in [2.05, 4.69) is 16.0 Å². The van der Waals surface area contributed by atoms with Gasteiger partial charge >= 0.3 is 5.97 Å². The molecule has 0 bridgehead atoms. The van der Waals surface area contributed by atoms with Crippen molar-refractivity contribution in [2.45, 2.75) is 122 Å². The Morgan fingerprint density at radius 2 is 1.68 bits per heavy atom. The maximum atomic E-state index is 14.3. The number of benzene rings is 1. The van der Waals surface area contributed by atoms with Crippen LogP contribution >= 0.6 is 0 Å². The normalized spacial score (nSPS) is 23.9. The highest BCUT2D eigenvalue weighted by Crippen LogP contribution is 2.31. The van der Waals surface area contributed by atoms with Crippen LogP contribution in [0.4, 0.5) is 0 Å². The van der Waals surface area contributed by atoms with Gasteiger partial charge in [-0.2, -0.15) is 0 Å². The molecule has 0 radical (unpaired) electrons. The largest absolute Gasteiger partial charge is 0.480 e. The number of carboxylic acids is 1. The Morgan fingerprint density at radius 1 is 0.936 bits per heavy atom. The number of rotatable bonds is 12. The van der Waals surface area contributed by atoms with E-state index in [1.54, 1.807) is 39.9 Å². The highest BCUT2D eigenvalue weighted by molar-refractivity contribution is 6.00. The average Bonchev–Trinajstić information content (AvgIpc) is 3.46. The number of aliphatic carboxylic acids is 1. The van der Waals surface area contributed by atoms with E-state index in [4.69, 9.17) is 0 Å². The smallest absolute Gasteiger partial charge is 0.326 e. The molecule has 12 heteroatoms. The Hall–Kier alpha value is -4.22. The third-order valence-corrected chi connectivity index (χ3v) is 9.75. The predicted octanol–water partition coefficient (Wildman–Crippen LogP) is 3.78. The van der Waals surface area contributed by atoms with Crippen molar-refractivity contribution in [1.82, 2.24) is 25.4 Å². The number of aromatic nitrogens is 1. The average molecular weight is 652 g/mol. The van der Waals surface area contributed by atoms with Crippen LogP contribution in [0.2, 0.25) is 0 Å². The molecule has 2 saturated heterocycles. The lowest BCUT2D eigenvalue weighted by atomic mass is 9.93. The van der Waals surface area contributed by atoms with Crippen LogP contribution in [0.3, 0.4) is 0 Å². The van der Waals surface area contributed by atoms with Crippen molar-refractivity contribution in [3.05, 3.63) is 36.0 Å². The van der Waals surface area contributed by atoms with Gasteiger partial charge in [0.25, 0.3) is 0 Å². The van der Waals surface area contributed by atoms with Crippen LogP contribution in [0.25, 0.3) is 10.9 Å². The lowest BCUT2D eigenvalue weighted by Crippen LogP contribution is -2.62. The van der Waals surface area contributed by atoms with Crippen molar-refractivity contribution in [1.29, 1.82) is 0 Å². The zero-order valence-electron chi connectivity index (χ0n) is 27.9. The number of unbranched alkanes of at least 4 members (excludes halogenated alkanes) is 2. The fraction of sp³-hybridized carbons (Fsp3) is 0.600. The Kier molecular flexibility index (Phi) is 12.2. The molecule has 1 aromatic carbocycles. The summed E-state index contributed by atoms with van der Waals surface area (Å²) in [5, 5.41) is 19.1. The molecule has 0 spiro atoms. The molecule has 256 valence electrons. The van der Waals surface area contributed by atoms with Gasteiger partial charge in [0, 0.05) is 42.0 Å². The molecule has 2 aliphatic heterocycles. The number of hydrogen-bond acceptors (Lipinski definition) is 6. The summed E-state index contributed by atoms with van der Waals surface area (Å²) in [7, 11) is 0. The molecule has 0 saturated carbocycles. The summed E-state index contributed by atoms with van der Waals surface area (Å²) < 4.78 is 1.55. The lowest BCUT2D eigenvalue weighted by Gasteiger charge is -2.39. The van der Waals surface area contributed by atoms with E-state index in [-0.39, 0.29) is 24.0 Å².